The average molecular weight is 325 g/mol. The fourth-order valence-electron chi connectivity index (χ4n) is 3.69. The Hall–Kier alpha value is -2.04. The number of benzene rings is 2. The number of phenolic OH excluding ortho intramolecular Hbond substituents is 1. The van der Waals surface area contributed by atoms with Crippen molar-refractivity contribution in [1.29, 1.82) is 0 Å². The van der Waals surface area contributed by atoms with Gasteiger partial charge in [0.05, 0.1) is 7.11 Å². The van der Waals surface area contributed by atoms with Gasteiger partial charge in [-0.15, -0.1) is 11.3 Å². The van der Waals surface area contributed by atoms with Gasteiger partial charge in [0.2, 0.25) is 0 Å². The van der Waals surface area contributed by atoms with E-state index in [0.717, 1.165) is 35.4 Å². The van der Waals surface area contributed by atoms with E-state index in [2.05, 4.69) is 41.6 Å². The molecule has 118 valence electrons. The zero-order valence-corrected chi connectivity index (χ0v) is 14.1. The van der Waals surface area contributed by atoms with Gasteiger partial charge in [-0.25, -0.2) is 0 Å². The van der Waals surface area contributed by atoms with Gasteiger partial charge in [-0.3, -0.25) is 0 Å². The first-order chi connectivity index (χ1) is 11.2. The smallest absolute Gasteiger partial charge is 0.131 e. The van der Waals surface area contributed by atoms with Crippen LogP contribution in [0.1, 0.15) is 22.6 Å². The van der Waals surface area contributed by atoms with Crippen molar-refractivity contribution in [2.24, 2.45) is 0 Å². The molecule has 1 aliphatic heterocycles. The number of ether oxygens (including phenoxy) is 1. The van der Waals surface area contributed by atoms with Crippen LogP contribution in [0.4, 0.5) is 0 Å². The summed E-state index contributed by atoms with van der Waals surface area (Å²) in [6, 6.07) is 12.2. The molecule has 0 saturated heterocycles. The number of hydrogen-bond donors (Lipinski definition) is 1. The molecule has 3 aromatic rings. The molecular formula is C19H19NO2S. The zero-order valence-electron chi connectivity index (χ0n) is 13.2. The average Bonchev–Trinajstić information content (AvgIpc) is 3.01. The molecule has 0 bridgehead atoms. The summed E-state index contributed by atoms with van der Waals surface area (Å²) in [6.45, 7) is 1.74. The van der Waals surface area contributed by atoms with Crippen molar-refractivity contribution in [3.05, 3.63) is 58.5 Å². The SMILES string of the molecule is COc1c(C2CN(C)Cc3cccc(O)c32)ccc2sccc12. The third-order valence-corrected chi connectivity index (χ3v) is 5.53. The van der Waals surface area contributed by atoms with Crippen LogP contribution in [0.2, 0.25) is 0 Å². The van der Waals surface area contributed by atoms with Gasteiger partial charge in [0, 0.05) is 40.2 Å². The van der Waals surface area contributed by atoms with Crippen molar-refractivity contribution >= 4 is 21.4 Å². The number of thiophene rings is 1. The van der Waals surface area contributed by atoms with Crippen LogP contribution in [0.25, 0.3) is 10.1 Å². The van der Waals surface area contributed by atoms with Gasteiger partial charge in [-0.05, 0) is 36.2 Å². The molecule has 0 spiro atoms. The van der Waals surface area contributed by atoms with E-state index in [1.807, 2.05) is 6.07 Å². The molecule has 1 atom stereocenters. The van der Waals surface area contributed by atoms with Gasteiger partial charge < -0.3 is 14.7 Å². The zero-order chi connectivity index (χ0) is 16.0. The summed E-state index contributed by atoms with van der Waals surface area (Å²) in [5, 5.41) is 13.7. The molecule has 1 N–H and O–H groups in total. The summed E-state index contributed by atoms with van der Waals surface area (Å²) in [5.41, 5.74) is 3.38. The summed E-state index contributed by atoms with van der Waals surface area (Å²) in [5.74, 6) is 1.43. The Balaban J connectivity index is 1.95. The summed E-state index contributed by atoms with van der Waals surface area (Å²) in [6.07, 6.45) is 0. The van der Waals surface area contributed by atoms with E-state index in [0.29, 0.717) is 5.75 Å². The molecule has 0 aliphatic carbocycles. The third-order valence-electron chi connectivity index (χ3n) is 4.65. The first kappa shape index (κ1) is 14.5. The fourth-order valence-corrected chi connectivity index (χ4v) is 4.47. The molecule has 1 aliphatic rings. The molecule has 2 heterocycles. The van der Waals surface area contributed by atoms with Crippen molar-refractivity contribution in [3.63, 3.8) is 0 Å². The van der Waals surface area contributed by atoms with Crippen LogP contribution in [0.15, 0.2) is 41.8 Å². The van der Waals surface area contributed by atoms with E-state index in [4.69, 9.17) is 4.74 Å². The number of aromatic hydroxyl groups is 1. The van der Waals surface area contributed by atoms with Crippen molar-refractivity contribution in [2.75, 3.05) is 20.7 Å². The minimum atomic E-state index is 0.115. The topological polar surface area (TPSA) is 32.7 Å². The highest BCUT2D eigenvalue weighted by Crippen LogP contribution is 2.44. The molecule has 0 fully saturated rings. The number of rotatable bonds is 2. The van der Waals surface area contributed by atoms with Gasteiger partial charge in [-0.2, -0.15) is 0 Å². The van der Waals surface area contributed by atoms with E-state index in [1.165, 1.54) is 10.3 Å². The van der Waals surface area contributed by atoms with Crippen LogP contribution in [0.5, 0.6) is 11.5 Å². The Morgan fingerprint density at radius 2 is 2.09 bits per heavy atom. The third kappa shape index (κ3) is 2.30. The highest BCUT2D eigenvalue weighted by atomic mass is 32.1. The van der Waals surface area contributed by atoms with Crippen LogP contribution in [0.3, 0.4) is 0 Å². The minimum Gasteiger partial charge on any atom is -0.508 e. The number of phenols is 1. The number of hydrogen-bond acceptors (Lipinski definition) is 4. The Kier molecular flexibility index (Phi) is 3.51. The predicted molar refractivity (Wildman–Crippen MR) is 94.7 cm³/mol. The highest BCUT2D eigenvalue weighted by Gasteiger charge is 2.30. The lowest BCUT2D eigenvalue weighted by atomic mass is 9.83. The van der Waals surface area contributed by atoms with E-state index in [1.54, 1.807) is 24.5 Å². The van der Waals surface area contributed by atoms with Crippen molar-refractivity contribution in [3.8, 4) is 11.5 Å². The molecule has 23 heavy (non-hydrogen) atoms. The summed E-state index contributed by atoms with van der Waals surface area (Å²) >= 11 is 1.72. The Bertz CT molecular complexity index is 871. The summed E-state index contributed by atoms with van der Waals surface area (Å²) < 4.78 is 7.00. The number of fused-ring (bicyclic) bond motifs is 2. The molecule has 3 nitrogen and oxygen atoms in total. The van der Waals surface area contributed by atoms with Crippen LogP contribution in [-0.2, 0) is 6.54 Å². The molecule has 1 unspecified atom stereocenters. The second-order valence-corrected chi connectivity index (χ2v) is 7.07. The largest absolute Gasteiger partial charge is 0.508 e. The molecule has 0 amide bonds. The minimum absolute atomic E-state index is 0.115. The maximum absolute atomic E-state index is 10.5. The molecule has 1 aromatic heterocycles. The first-order valence-electron chi connectivity index (χ1n) is 7.72. The van der Waals surface area contributed by atoms with Crippen LogP contribution >= 0.6 is 11.3 Å². The monoisotopic (exact) mass is 325 g/mol. The van der Waals surface area contributed by atoms with Gasteiger partial charge in [0.15, 0.2) is 0 Å². The lowest BCUT2D eigenvalue weighted by Crippen LogP contribution is -2.31. The second-order valence-electron chi connectivity index (χ2n) is 6.12. The van der Waals surface area contributed by atoms with Crippen molar-refractivity contribution < 1.29 is 9.84 Å². The van der Waals surface area contributed by atoms with Gasteiger partial charge in [-0.1, -0.05) is 18.2 Å². The first-order valence-corrected chi connectivity index (χ1v) is 8.60. The number of nitrogens with zero attached hydrogens (tertiary/aromatic N) is 1. The van der Waals surface area contributed by atoms with Gasteiger partial charge in [0.25, 0.3) is 0 Å². The lowest BCUT2D eigenvalue weighted by molar-refractivity contribution is 0.287. The van der Waals surface area contributed by atoms with Crippen LogP contribution in [0, 0.1) is 0 Å². The molecule has 4 rings (SSSR count). The Morgan fingerprint density at radius 1 is 1.22 bits per heavy atom. The fraction of sp³-hybridized carbons (Fsp3) is 0.263. The van der Waals surface area contributed by atoms with E-state index < -0.39 is 0 Å². The lowest BCUT2D eigenvalue weighted by Gasteiger charge is -2.33. The standard InChI is InChI=1S/C19H19NO2S/c1-20-10-12-4-3-5-16(21)18(12)15(11-20)13-6-7-17-14(8-9-23-17)19(13)22-2/h3-9,15,21H,10-11H2,1-2H3. The summed E-state index contributed by atoms with van der Waals surface area (Å²) in [7, 11) is 3.85. The van der Waals surface area contributed by atoms with Gasteiger partial charge in [0.1, 0.15) is 11.5 Å². The highest BCUT2D eigenvalue weighted by molar-refractivity contribution is 7.17. The van der Waals surface area contributed by atoms with Crippen LogP contribution in [-0.4, -0.2) is 30.7 Å². The maximum Gasteiger partial charge on any atom is 0.131 e. The summed E-state index contributed by atoms with van der Waals surface area (Å²) in [4.78, 5) is 2.30. The molecular weight excluding hydrogens is 306 g/mol. The number of methoxy groups -OCH3 is 1. The predicted octanol–water partition coefficient (Wildman–Crippen LogP) is 4.19. The second kappa shape index (κ2) is 5.55. The van der Waals surface area contributed by atoms with E-state index in [-0.39, 0.29) is 5.92 Å². The molecule has 0 radical (unpaired) electrons. The maximum atomic E-state index is 10.5. The van der Waals surface area contributed by atoms with E-state index >= 15 is 0 Å². The van der Waals surface area contributed by atoms with E-state index in [9.17, 15) is 5.11 Å². The number of likely N-dealkylation sites (N-methyl/N-ethyl adjacent to an activating group) is 1. The van der Waals surface area contributed by atoms with Crippen LogP contribution < -0.4 is 4.74 Å². The quantitative estimate of drug-likeness (QED) is 0.767. The Morgan fingerprint density at radius 3 is 2.91 bits per heavy atom. The molecule has 4 heteroatoms. The molecule has 0 saturated carbocycles. The molecule has 2 aromatic carbocycles. The van der Waals surface area contributed by atoms with Crippen molar-refractivity contribution in [2.45, 2.75) is 12.5 Å². The Labute approximate surface area is 139 Å². The normalized spacial score (nSPS) is 18.1. The van der Waals surface area contributed by atoms with Gasteiger partial charge >= 0.3 is 0 Å². The van der Waals surface area contributed by atoms with Crippen molar-refractivity contribution in [1.82, 2.24) is 4.90 Å².